The lowest BCUT2D eigenvalue weighted by molar-refractivity contribution is -0.949. The van der Waals surface area contributed by atoms with Crippen molar-refractivity contribution >= 4 is 11.8 Å². The summed E-state index contributed by atoms with van der Waals surface area (Å²) >= 11 is 1.95. The van der Waals surface area contributed by atoms with Crippen LogP contribution in [0.3, 0.4) is 0 Å². The van der Waals surface area contributed by atoms with Gasteiger partial charge in [0.15, 0.2) is 0 Å². The Morgan fingerprint density at radius 1 is 0.966 bits per heavy atom. The number of hydrogen-bond acceptors (Lipinski definition) is 2. The molecule has 3 aliphatic rings. The zero-order valence-corrected chi connectivity index (χ0v) is 19.9. The average molecular weight is 475 g/mol. The van der Waals surface area contributed by atoms with Crippen molar-refractivity contribution in [1.29, 1.82) is 0 Å². The Kier molecular flexibility index (Phi) is 6.46. The van der Waals surface area contributed by atoms with Crippen molar-refractivity contribution in [2.45, 2.75) is 74.0 Å². The third kappa shape index (κ3) is 3.82. The van der Waals surface area contributed by atoms with E-state index in [9.17, 15) is 0 Å². The standard InChI is InChI=1S/C25H32NOS.BrH/c1-3-14-26(2)19-12-13-20(26)16-21(15-19)27-25-22-9-5-4-8-18(22)17-28-24-11-7-6-10-23(24)25;/h4-11,19-21,25H,3,12-17H2,1-2H3;1H/q+1;/p-1/t19-,20+,21?,25?,26?;. The molecule has 0 amide bonds. The van der Waals surface area contributed by atoms with E-state index in [1.54, 1.807) is 0 Å². The molecule has 0 N–H and O–H groups in total. The molecule has 0 aliphatic carbocycles. The van der Waals surface area contributed by atoms with E-state index in [1.807, 2.05) is 11.8 Å². The number of benzene rings is 2. The van der Waals surface area contributed by atoms with Crippen LogP contribution in [0.25, 0.3) is 0 Å². The van der Waals surface area contributed by atoms with Crippen molar-refractivity contribution in [2.75, 3.05) is 13.6 Å². The van der Waals surface area contributed by atoms with Crippen molar-refractivity contribution < 1.29 is 26.2 Å². The van der Waals surface area contributed by atoms with Crippen LogP contribution in [0.15, 0.2) is 53.4 Å². The van der Waals surface area contributed by atoms with E-state index in [0.717, 1.165) is 17.8 Å². The average Bonchev–Trinajstić information content (AvgIpc) is 2.88. The van der Waals surface area contributed by atoms with Gasteiger partial charge in [0.05, 0.1) is 31.8 Å². The Labute approximate surface area is 190 Å². The Morgan fingerprint density at radius 3 is 2.34 bits per heavy atom. The minimum Gasteiger partial charge on any atom is -1.00 e. The first kappa shape index (κ1) is 21.4. The predicted octanol–water partition coefficient (Wildman–Crippen LogP) is 2.95. The van der Waals surface area contributed by atoms with E-state index in [-0.39, 0.29) is 23.1 Å². The van der Waals surface area contributed by atoms with Crippen molar-refractivity contribution in [3.05, 3.63) is 65.2 Å². The number of quaternary nitrogens is 1. The van der Waals surface area contributed by atoms with Crippen molar-refractivity contribution in [3.8, 4) is 0 Å². The molecule has 156 valence electrons. The highest BCUT2D eigenvalue weighted by molar-refractivity contribution is 7.98. The Balaban J connectivity index is 0.00000205. The number of fused-ring (bicyclic) bond motifs is 4. The largest absolute Gasteiger partial charge is 1.00 e. The monoisotopic (exact) mass is 473 g/mol. The molecular weight excluding hydrogens is 442 g/mol. The minimum atomic E-state index is 0. The van der Waals surface area contributed by atoms with Crippen LogP contribution >= 0.6 is 11.8 Å². The lowest BCUT2D eigenvalue weighted by atomic mass is 9.94. The Bertz CT molecular complexity index is 795. The highest BCUT2D eigenvalue weighted by Gasteiger charge is 2.51. The second kappa shape index (κ2) is 8.74. The molecule has 0 radical (unpaired) electrons. The molecule has 0 spiro atoms. The molecule has 5 atom stereocenters. The first-order valence-corrected chi connectivity index (χ1v) is 12.0. The highest BCUT2D eigenvalue weighted by atomic mass is 79.9. The molecule has 2 aromatic rings. The summed E-state index contributed by atoms with van der Waals surface area (Å²) in [5.74, 6) is 1.04. The SMILES string of the molecule is CCC[N+]1(C)[C@@H]2CC[C@H]1CC(OC1c3ccccc3CSc3ccccc31)C2.[Br-]. The summed E-state index contributed by atoms with van der Waals surface area (Å²) in [6.07, 6.45) is 6.96. The Morgan fingerprint density at radius 2 is 1.62 bits per heavy atom. The molecule has 0 saturated carbocycles. The van der Waals surface area contributed by atoms with Crippen molar-refractivity contribution in [2.24, 2.45) is 0 Å². The number of halogens is 1. The molecule has 2 fully saturated rings. The summed E-state index contributed by atoms with van der Waals surface area (Å²) in [7, 11) is 2.51. The van der Waals surface area contributed by atoms with Crippen LogP contribution in [0.4, 0.5) is 0 Å². The zero-order valence-electron chi connectivity index (χ0n) is 17.5. The Hall–Kier alpha value is -0.810. The van der Waals surface area contributed by atoms with Gasteiger partial charge in [0.1, 0.15) is 6.10 Å². The van der Waals surface area contributed by atoms with E-state index >= 15 is 0 Å². The molecule has 2 aromatic carbocycles. The molecule has 0 aromatic heterocycles. The van der Waals surface area contributed by atoms with Crippen LogP contribution in [-0.4, -0.2) is 36.3 Å². The predicted molar refractivity (Wildman–Crippen MR) is 117 cm³/mol. The first-order valence-electron chi connectivity index (χ1n) is 11.0. The van der Waals surface area contributed by atoms with Crippen LogP contribution in [0.2, 0.25) is 0 Å². The summed E-state index contributed by atoms with van der Waals surface area (Å²) in [5, 5.41) is 0. The summed E-state index contributed by atoms with van der Waals surface area (Å²) in [5.41, 5.74) is 4.17. The van der Waals surface area contributed by atoms with Crippen molar-refractivity contribution in [3.63, 3.8) is 0 Å². The molecular formula is C25H32BrNOS. The second-order valence-electron chi connectivity index (χ2n) is 9.09. The molecule has 29 heavy (non-hydrogen) atoms. The second-order valence-corrected chi connectivity index (χ2v) is 10.1. The first-order chi connectivity index (χ1) is 13.7. The number of nitrogens with zero attached hydrogens (tertiary/aromatic N) is 1. The maximum absolute atomic E-state index is 6.99. The number of piperidine rings is 1. The topological polar surface area (TPSA) is 9.23 Å². The van der Waals surface area contributed by atoms with Gasteiger partial charge in [-0.15, -0.1) is 11.8 Å². The van der Waals surface area contributed by atoms with Gasteiger partial charge in [-0.25, -0.2) is 0 Å². The smallest absolute Gasteiger partial charge is 0.109 e. The molecule has 4 heteroatoms. The van der Waals surface area contributed by atoms with E-state index < -0.39 is 0 Å². The van der Waals surface area contributed by atoms with Crippen LogP contribution < -0.4 is 17.0 Å². The zero-order chi connectivity index (χ0) is 19.1. The maximum atomic E-state index is 6.99. The van der Waals surface area contributed by atoms with Crippen LogP contribution in [0.5, 0.6) is 0 Å². The molecule has 2 saturated heterocycles. The maximum Gasteiger partial charge on any atom is 0.109 e. The van der Waals surface area contributed by atoms with Gasteiger partial charge in [-0.2, -0.15) is 0 Å². The highest BCUT2D eigenvalue weighted by Crippen LogP contribution is 2.46. The van der Waals surface area contributed by atoms with E-state index in [2.05, 4.69) is 62.5 Å². The summed E-state index contributed by atoms with van der Waals surface area (Å²) < 4.78 is 8.29. The van der Waals surface area contributed by atoms with Gasteiger partial charge in [0.2, 0.25) is 0 Å². The fraction of sp³-hybridized carbons (Fsp3) is 0.520. The lowest BCUT2D eigenvalue weighted by Crippen LogP contribution is -3.00. The molecule has 3 heterocycles. The number of ether oxygens (including phenoxy) is 1. The van der Waals surface area contributed by atoms with Gasteiger partial charge in [0, 0.05) is 36.3 Å². The summed E-state index contributed by atoms with van der Waals surface area (Å²) in [4.78, 5) is 1.38. The number of rotatable bonds is 4. The van der Waals surface area contributed by atoms with Crippen LogP contribution in [0, 0.1) is 0 Å². The quantitative estimate of drug-likeness (QED) is 0.631. The van der Waals surface area contributed by atoms with Gasteiger partial charge in [0.25, 0.3) is 0 Å². The third-order valence-electron chi connectivity index (χ3n) is 7.53. The number of thioether (sulfide) groups is 1. The normalized spacial score (nSPS) is 32.6. The minimum absolute atomic E-state index is 0. The molecule has 3 aliphatic heterocycles. The van der Waals surface area contributed by atoms with Gasteiger partial charge in [-0.1, -0.05) is 49.4 Å². The van der Waals surface area contributed by atoms with Crippen LogP contribution in [0.1, 0.15) is 61.8 Å². The fourth-order valence-corrected chi connectivity index (χ4v) is 7.15. The van der Waals surface area contributed by atoms with Gasteiger partial charge < -0.3 is 26.2 Å². The van der Waals surface area contributed by atoms with Crippen molar-refractivity contribution in [1.82, 2.24) is 0 Å². The van der Waals surface area contributed by atoms with Gasteiger partial charge in [-0.3, -0.25) is 0 Å². The summed E-state index contributed by atoms with van der Waals surface area (Å²) in [6, 6.07) is 19.4. The fourth-order valence-electron chi connectivity index (χ4n) is 6.06. The molecule has 2 bridgehead atoms. The van der Waals surface area contributed by atoms with E-state index in [4.69, 9.17) is 4.74 Å². The molecule has 2 nitrogen and oxygen atoms in total. The molecule has 3 unspecified atom stereocenters. The van der Waals surface area contributed by atoms with Gasteiger partial charge >= 0.3 is 0 Å². The van der Waals surface area contributed by atoms with E-state index in [1.165, 1.54) is 64.7 Å². The summed E-state index contributed by atoms with van der Waals surface area (Å²) in [6.45, 7) is 3.66. The van der Waals surface area contributed by atoms with E-state index in [0.29, 0.717) is 6.10 Å². The molecule has 5 rings (SSSR count). The van der Waals surface area contributed by atoms with Crippen LogP contribution in [-0.2, 0) is 10.5 Å². The number of hydrogen-bond donors (Lipinski definition) is 0. The lowest BCUT2D eigenvalue weighted by Gasteiger charge is -2.47. The van der Waals surface area contributed by atoms with Gasteiger partial charge in [-0.05, 0) is 29.2 Å². The third-order valence-corrected chi connectivity index (χ3v) is 8.67.